The third kappa shape index (κ3) is 11.0. The SMILES string of the molecule is COc1ccc(CC(NC(=O)CCc2c(C)[nH]c(/C=C3\C(=O)Nc4ccc(F)cc43)c2C)C(=O)NCCCCC(CO)COP(=O)([O-])O)cc1OC. The molecule has 1 aliphatic heterocycles. The molecule has 3 atom stereocenters. The number of halogens is 1. The van der Waals surface area contributed by atoms with Crippen LogP contribution in [0.4, 0.5) is 10.1 Å². The Kier molecular flexibility index (Phi) is 14.2. The van der Waals surface area contributed by atoms with E-state index in [4.69, 9.17) is 14.4 Å². The van der Waals surface area contributed by atoms with Gasteiger partial charge in [-0.25, -0.2) is 4.39 Å². The Labute approximate surface area is 301 Å². The van der Waals surface area contributed by atoms with Gasteiger partial charge in [0.2, 0.25) is 11.8 Å². The van der Waals surface area contributed by atoms with Crippen LogP contribution in [0.5, 0.6) is 11.5 Å². The van der Waals surface area contributed by atoms with Crippen molar-refractivity contribution in [2.24, 2.45) is 5.92 Å². The molecular weight excluding hydrogens is 698 g/mol. The zero-order chi connectivity index (χ0) is 38.0. The molecule has 52 heavy (non-hydrogen) atoms. The van der Waals surface area contributed by atoms with Gasteiger partial charge in [-0.05, 0) is 86.2 Å². The number of carbonyl (C=O) groups excluding carboxylic acids is 3. The monoisotopic (exact) mass is 743 g/mol. The van der Waals surface area contributed by atoms with Crippen LogP contribution in [-0.2, 0) is 36.3 Å². The minimum absolute atomic E-state index is 0.0640. The summed E-state index contributed by atoms with van der Waals surface area (Å²) in [7, 11) is -1.88. The molecule has 0 saturated heterocycles. The molecule has 1 aromatic heterocycles. The van der Waals surface area contributed by atoms with Gasteiger partial charge in [0, 0.05) is 54.5 Å². The van der Waals surface area contributed by atoms with Gasteiger partial charge in [0.05, 0.1) is 26.4 Å². The number of hydrogen-bond acceptors (Lipinski definition) is 9. The molecule has 0 radical (unpaired) electrons. The summed E-state index contributed by atoms with van der Waals surface area (Å²) in [6.45, 7) is 3.31. The summed E-state index contributed by atoms with van der Waals surface area (Å²) in [6.07, 6.45) is 3.66. The largest absolute Gasteiger partial charge is 0.756 e. The standard InChI is InChI=1S/C36H46FN4O10P/c1-21-26(22(2)39-30(21)18-28-27-17-25(37)9-11-29(27)41-35(28)44)10-13-34(43)40-31(15-23-8-12-32(49-3)33(16-23)50-4)36(45)38-14-6-5-7-24(19-42)20-51-52(46,47)48/h8-9,11-12,16-18,24,31,39,42H,5-7,10,13-15,19-20H2,1-4H3,(H,38,45)(H,40,43)(H,41,44)(H2,46,47,48)/p-1/b28-18-. The number of phosphoric ester groups is 1. The van der Waals surface area contributed by atoms with Gasteiger partial charge in [-0.1, -0.05) is 12.5 Å². The number of hydrogen-bond donors (Lipinski definition) is 6. The van der Waals surface area contributed by atoms with Crippen molar-refractivity contribution in [3.63, 3.8) is 0 Å². The average molecular weight is 744 g/mol. The van der Waals surface area contributed by atoms with Crippen molar-refractivity contribution in [2.75, 3.05) is 39.3 Å². The van der Waals surface area contributed by atoms with Crippen LogP contribution in [0.1, 0.15) is 59.3 Å². The maximum absolute atomic E-state index is 14.0. The molecule has 4 rings (SSSR count). The van der Waals surface area contributed by atoms with Crippen LogP contribution in [-0.4, -0.2) is 72.7 Å². The Hall–Kier alpha value is -4.53. The summed E-state index contributed by atoms with van der Waals surface area (Å²) in [5.74, 6) is -1.09. The first-order valence-corrected chi connectivity index (χ1v) is 18.3. The lowest BCUT2D eigenvalue weighted by atomic mass is 10.0. The number of fused-ring (bicyclic) bond motifs is 1. The third-order valence-electron chi connectivity index (χ3n) is 8.90. The van der Waals surface area contributed by atoms with Gasteiger partial charge in [-0.2, -0.15) is 0 Å². The fourth-order valence-corrected chi connectivity index (χ4v) is 6.46. The molecule has 0 fully saturated rings. The first-order chi connectivity index (χ1) is 24.7. The van der Waals surface area contributed by atoms with Crippen LogP contribution < -0.4 is 30.3 Å². The molecule has 0 spiro atoms. The topological polar surface area (TPSA) is 211 Å². The van der Waals surface area contributed by atoms with E-state index >= 15 is 0 Å². The number of nitrogens with one attached hydrogen (secondary N) is 4. The molecule has 16 heteroatoms. The molecule has 3 amide bonds. The van der Waals surface area contributed by atoms with Gasteiger partial charge in [0.25, 0.3) is 13.7 Å². The normalized spacial score (nSPS) is 15.4. The van der Waals surface area contributed by atoms with E-state index in [9.17, 15) is 33.3 Å². The Balaban J connectivity index is 1.41. The summed E-state index contributed by atoms with van der Waals surface area (Å²) >= 11 is 0. The summed E-state index contributed by atoms with van der Waals surface area (Å²) in [5, 5.41) is 17.9. The highest BCUT2D eigenvalue weighted by atomic mass is 31.2. The lowest BCUT2D eigenvalue weighted by molar-refractivity contribution is -0.221. The summed E-state index contributed by atoms with van der Waals surface area (Å²) in [4.78, 5) is 62.3. The third-order valence-corrected chi connectivity index (χ3v) is 9.37. The molecule has 1 aliphatic rings. The second kappa shape index (κ2) is 18.3. The fourth-order valence-electron chi connectivity index (χ4n) is 6.06. The molecule has 0 saturated carbocycles. The molecule has 0 aliphatic carbocycles. The number of aliphatic hydroxyl groups excluding tert-OH is 1. The van der Waals surface area contributed by atoms with Crippen molar-refractivity contribution >= 4 is 42.9 Å². The number of aromatic nitrogens is 1. The number of unbranched alkanes of at least 4 members (excludes halogenated alkanes) is 1. The second-order valence-electron chi connectivity index (χ2n) is 12.6. The highest BCUT2D eigenvalue weighted by molar-refractivity contribution is 7.44. The minimum atomic E-state index is -4.89. The molecule has 3 aromatic rings. The number of amides is 3. The highest BCUT2D eigenvalue weighted by Crippen LogP contribution is 2.35. The Morgan fingerprint density at radius 2 is 1.85 bits per heavy atom. The van der Waals surface area contributed by atoms with E-state index in [1.54, 1.807) is 24.3 Å². The van der Waals surface area contributed by atoms with E-state index in [2.05, 4.69) is 25.5 Å². The molecule has 6 N–H and O–H groups in total. The minimum Gasteiger partial charge on any atom is -0.756 e. The van der Waals surface area contributed by atoms with Crippen molar-refractivity contribution in [1.29, 1.82) is 0 Å². The van der Waals surface area contributed by atoms with Gasteiger partial charge < -0.3 is 49.8 Å². The van der Waals surface area contributed by atoms with Crippen LogP contribution in [0.3, 0.4) is 0 Å². The maximum Gasteiger partial charge on any atom is 0.265 e. The van der Waals surface area contributed by atoms with Crippen LogP contribution in [0.25, 0.3) is 11.6 Å². The van der Waals surface area contributed by atoms with Gasteiger partial charge in [-0.15, -0.1) is 0 Å². The van der Waals surface area contributed by atoms with E-state index < -0.39 is 31.5 Å². The van der Waals surface area contributed by atoms with Crippen molar-refractivity contribution in [3.05, 3.63) is 75.9 Å². The Bertz CT molecular complexity index is 1840. The Morgan fingerprint density at radius 1 is 1.10 bits per heavy atom. The number of ether oxygens (including phenoxy) is 2. The van der Waals surface area contributed by atoms with E-state index in [0.29, 0.717) is 59.7 Å². The number of H-pyrrole nitrogens is 1. The zero-order valence-electron chi connectivity index (χ0n) is 29.5. The van der Waals surface area contributed by atoms with E-state index in [1.165, 1.54) is 32.4 Å². The van der Waals surface area contributed by atoms with Gasteiger partial charge >= 0.3 is 0 Å². The molecule has 2 heterocycles. The van der Waals surface area contributed by atoms with Gasteiger partial charge in [0.1, 0.15) is 11.9 Å². The van der Waals surface area contributed by atoms with Crippen molar-refractivity contribution in [2.45, 2.75) is 58.4 Å². The zero-order valence-corrected chi connectivity index (χ0v) is 30.4. The summed E-state index contributed by atoms with van der Waals surface area (Å²) < 4.78 is 39.9. The molecule has 282 valence electrons. The molecule has 3 unspecified atom stereocenters. The smallest absolute Gasteiger partial charge is 0.265 e. The first-order valence-electron chi connectivity index (χ1n) is 16.8. The number of methoxy groups -OCH3 is 2. The van der Waals surface area contributed by atoms with Crippen LogP contribution in [0, 0.1) is 25.6 Å². The first kappa shape index (κ1) is 40.2. The number of anilines is 1. The quantitative estimate of drug-likeness (QED) is 0.0599. The number of carbonyl (C=O) groups is 3. The van der Waals surface area contributed by atoms with E-state index in [-0.39, 0.29) is 44.4 Å². The molecule has 0 bridgehead atoms. The highest BCUT2D eigenvalue weighted by Gasteiger charge is 2.26. The predicted molar refractivity (Wildman–Crippen MR) is 190 cm³/mol. The predicted octanol–water partition coefficient (Wildman–Crippen LogP) is 3.31. The number of rotatable bonds is 19. The summed E-state index contributed by atoms with van der Waals surface area (Å²) in [5.41, 5.74) is 5.23. The van der Waals surface area contributed by atoms with Crippen LogP contribution >= 0.6 is 7.82 Å². The van der Waals surface area contributed by atoms with Gasteiger partial charge in [-0.3, -0.25) is 18.9 Å². The fraction of sp³-hybridized carbons (Fsp3) is 0.417. The molecular formula is C36H45FN4O10P-. The number of aliphatic hydroxyl groups is 1. The molecule has 14 nitrogen and oxygen atoms in total. The Morgan fingerprint density at radius 3 is 2.54 bits per heavy atom. The number of benzene rings is 2. The van der Waals surface area contributed by atoms with Crippen molar-refractivity contribution in [1.82, 2.24) is 15.6 Å². The van der Waals surface area contributed by atoms with Gasteiger partial charge in [0.15, 0.2) is 11.5 Å². The van der Waals surface area contributed by atoms with Crippen LogP contribution in [0.2, 0.25) is 0 Å². The average Bonchev–Trinajstić information content (AvgIpc) is 3.55. The lowest BCUT2D eigenvalue weighted by Gasteiger charge is -2.21. The van der Waals surface area contributed by atoms with Crippen molar-refractivity contribution in [3.8, 4) is 11.5 Å². The number of aryl methyl sites for hydroxylation is 1. The van der Waals surface area contributed by atoms with Crippen molar-refractivity contribution < 1.29 is 52.2 Å². The summed E-state index contributed by atoms with van der Waals surface area (Å²) in [6, 6.07) is 8.39. The maximum atomic E-state index is 14.0. The van der Waals surface area contributed by atoms with E-state index in [1.807, 2.05) is 13.8 Å². The van der Waals surface area contributed by atoms with Crippen LogP contribution in [0.15, 0.2) is 36.4 Å². The van der Waals surface area contributed by atoms with E-state index in [0.717, 1.165) is 22.4 Å². The number of phosphoric acid groups is 1. The number of aromatic amines is 1. The second-order valence-corrected chi connectivity index (χ2v) is 13.8. The lowest BCUT2D eigenvalue weighted by Crippen LogP contribution is -2.48. The molecule has 2 aromatic carbocycles.